The van der Waals surface area contributed by atoms with Gasteiger partial charge in [0.15, 0.2) is 0 Å². The topological polar surface area (TPSA) is 67.2 Å². The summed E-state index contributed by atoms with van der Waals surface area (Å²) in [5, 5.41) is 8.26. The molecule has 0 saturated heterocycles. The summed E-state index contributed by atoms with van der Waals surface area (Å²) < 4.78 is 0. The molecule has 0 radical (unpaired) electrons. The van der Waals surface area contributed by atoms with Gasteiger partial charge in [0.1, 0.15) is 0 Å². The van der Waals surface area contributed by atoms with Crippen LogP contribution < -0.4 is 16.4 Å². The molecule has 1 aromatic heterocycles. The van der Waals surface area contributed by atoms with Crippen molar-refractivity contribution < 1.29 is 4.79 Å². The zero-order chi connectivity index (χ0) is 13.9. The Hall–Kier alpha value is -2.01. The van der Waals surface area contributed by atoms with Crippen molar-refractivity contribution in [3.05, 3.63) is 40.6 Å². The summed E-state index contributed by atoms with van der Waals surface area (Å²) in [5.41, 5.74) is 8.49. The summed E-state index contributed by atoms with van der Waals surface area (Å²) in [6, 6.07) is 9.68. The van der Waals surface area contributed by atoms with Gasteiger partial charge in [0, 0.05) is 27.9 Å². The molecule has 1 fully saturated rings. The minimum absolute atomic E-state index is 0.129. The van der Waals surface area contributed by atoms with E-state index in [2.05, 4.69) is 10.6 Å². The van der Waals surface area contributed by atoms with Gasteiger partial charge >= 0.3 is 0 Å². The minimum Gasteiger partial charge on any atom is -0.398 e. The molecular formula is C15H17N3OS. The molecule has 1 aliphatic carbocycles. The number of hydrogen-bond acceptors (Lipinski definition) is 4. The van der Waals surface area contributed by atoms with Crippen molar-refractivity contribution in [2.75, 3.05) is 16.4 Å². The lowest BCUT2D eigenvalue weighted by Gasteiger charge is -2.09. The molecule has 1 aliphatic rings. The predicted octanol–water partition coefficient (Wildman–Crippen LogP) is 3.29. The van der Waals surface area contributed by atoms with Crippen LogP contribution in [-0.2, 0) is 11.3 Å². The van der Waals surface area contributed by atoms with Crippen LogP contribution in [0.1, 0.15) is 17.7 Å². The fourth-order valence-electron chi connectivity index (χ4n) is 1.97. The molecule has 4 nitrogen and oxygen atoms in total. The van der Waals surface area contributed by atoms with Crippen molar-refractivity contribution in [2.45, 2.75) is 19.4 Å². The van der Waals surface area contributed by atoms with Crippen LogP contribution in [0.5, 0.6) is 0 Å². The second-order valence-electron chi connectivity index (χ2n) is 5.00. The summed E-state index contributed by atoms with van der Waals surface area (Å²) in [7, 11) is 0. The number of hydrogen-bond donors (Lipinski definition) is 3. The summed E-state index contributed by atoms with van der Waals surface area (Å²) in [4.78, 5) is 12.9. The quantitative estimate of drug-likeness (QED) is 0.790. The van der Waals surface area contributed by atoms with E-state index in [4.69, 9.17) is 5.73 Å². The molecule has 0 aliphatic heterocycles. The van der Waals surface area contributed by atoms with E-state index >= 15 is 0 Å². The Labute approximate surface area is 122 Å². The van der Waals surface area contributed by atoms with Crippen molar-refractivity contribution in [3.63, 3.8) is 0 Å². The Morgan fingerprint density at radius 3 is 2.80 bits per heavy atom. The monoisotopic (exact) mass is 287 g/mol. The molecule has 0 bridgehead atoms. The van der Waals surface area contributed by atoms with Crippen molar-refractivity contribution in [2.24, 2.45) is 5.92 Å². The maximum atomic E-state index is 11.7. The number of anilines is 3. The van der Waals surface area contributed by atoms with Gasteiger partial charge in [-0.3, -0.25) is 4.79 Å². The number of rotatable bonds is 5. The van der Waals surface area contributed by atoms with E-state index in [0.717, 1.165) is 34.8 Å². The molecule has 0 unspecified atom stereocenters. The highest BCUT2D eigenvalue weighted by Gasteiger charge is 2.29. The minimum atomic E-state index is 0.129. The van der Waals surface area contributed by atoms with Gasteiger partial charge in [-0.2, -0.15) is 0 Å². The smallest absolute Gasteiger partial charge is 0.227 e. The van der Waals surface area contributed by atoms with E-state index < -0.39 is 0 Å². The number of nitrogens with two attached hydrogens (primary N) is 1. The lowest BCUT2D eigenvalue weighted by atomic mass is 10.2. The molecule has 1 heterocycles. The average Bonchev–Trinajstić information content (AvgIpc) is 3.21. The Balaban J connectivity index is 1.62. The highest BCUT2D eigenvalue weighted by Crippen LogP contribution is 2.30. The van der Waals surface area contributed by atoms with E-state index in [0.29, 0.717) is 6.54 Å². The zero-order valence-corrected chi connectivity index (χ0v) is 11.9. The third-order valence-electron chi connectivity index (χ3n) is 3.31. The van der Waals surface area contributed by atoms with Crippen LogP contribution in [0, 0.1) is 5.92 Å². The van der Waals surface area contributed by atoms with Gasteiger partial charge in [0.05, 0.1) is 6.54 Å². The van der Waals surface area contributed by atoms with Crippen LogP contribution in [0.25, 0.3) is 0 Å². The van der Waals surface area contributed by atoms with E-state index in [-0.39, 0.29) is 11.8 Å². The summed E-state index contributed by atoms with van der Waals surface area (Å²) in [6.45, 7) is 0.698. The summed E-state index contributed by atoms with van der Waals surface area (Å²) >= 11 is 1.64. The molecule has 4 N–H and O–H groups in total. The lowest BCUT2D eigenvalue weighted by Crippen LogP contribution is -2.13. The predicted molar refractivity (Wildman–Crippen MR) is 83.9 cm³/mol. The van der Waals surface area contributed by atoms with E-state index in [1.165, 1.54) is 0 Å². The highest BCUT2D eigenvalue weighted by molar-refractivity contribution is 7.10. The SMILES string of the molecule is Nc1ccsc1CNc1cccc(NC(=O)C2CC2)c1. The third kappa shape index (κ3) is 3.11. The summed E-state index contributed by atoms with van der Waals surface area (Å²) in [6.07, 6.45) is 2.03. The zero-order valence-electron chi connectivity index (χ0n) is 11.1. The van der Waals surface area contributed by atoms with E-state index in [1.54, 1.807) is 11.3 Å². The molecule has 0 atom stereocenters. The Bertz CT molecular complexity index is 619. The van der Waals surface area contributed by atoms with Gasteiger partial charge in [0.2, 0.25) is 5.91 Å². The Kier molecular flexibility index (Phi) is 3.60. The van der Waals surface area contributed by atoms with Crippen molar-refractivity contribution >= 4 is 34.3 Å². The fraction of sp³-hybridized carbons (Fsp3) is 0.267. The first kappa shape index (κ1) is 13.0. The van der Waals surface area contributed by atoms with Crippen LogP contribution in [0.4, 0.5) is 17.1 Å². The standard InChI is InChI=1S/C15H17N3OS/c16-13-6-7-20-14(13)9-17-11-2-1-3-12(8-11)18-15(19)10-4-5-10/h1-3,6-8,10,17H,4-5,9,16H2,(H,18,19). The van der Waals surface area contributed by atoms with Gasteiger partial charge in [0.25, 0.3) is 0 Å². The van der Waals surface area contributed by atoms with Crippen LogP contribution in [0.3, 0.4) is 0 Å². The number of thiophene rings is 1. The van der Waals surface area contributed by atoms with Crippen molar-refractivity contribution in [1.82, 2.24) is 0 Å². The molecular weight excluding hydrogens is 270 g/mol. The maximum absolute atomic E-state index is 11.7. The van der Waals surface area contributed by atoms with Crippen molar-refractivity contribution in [1.29, 1.82) is 0 Å². The number of benzene rings is 1. The molecule has 2 aromatic rings. The molecule has 104 valence electrons. The number of nitrogen functional groups attached to an aromatic ring is 1. The lowest BCUT2D eigenvalue weighted by molar-refractivity contribution is -0.117. The second-order valence-corrected chi connectivity index (χ2v) is 6.00. The highest BCUT2D eigenvalue weighted by atomic mass is 32.1. The number of carbonyl (C=O) groups is 1. The van der Waals surface area contributed by atoms with Crippen LogP contribution in [0.15, 0.2) is 35.7 Å². The normalized spacial score (nSPS) is 14.0. The van der Waals surface area contributed by atoms with Gasteiger partial charge in [-0.25, -0.2) is 0 Å². The fourth-order valence-corrected chi connectivity index (χ4v) is 2.71. The number of amides is 1. The molecule has 3 rings (SSSR count). The first-order chi connectivity index (χ1) is 9.72. The molecule has 5 heteroatoms. The molecule has 1 aromatic carbocycles. The molecule has 20 heavy (non-hydrogen) atoms. The van der Waals surface area contributed by atoms with Gasteiger partial charge in [-0.15, -0.1) is 11.3 Å². The van der Waals surface area contributed by atoms with Gasteiger partial charge < -0.3 is 16.4 Å². The van der Waals surface area contributed by atoms with Crippen LogP contribution >= 0.6 is 11.3 Å². The first-order valence-corrected chi connectivity index (χ1v) is 7.57. The van der Waals surface area contributed by atoms with Gasteiger partial charge in [-0.1, -0.05) is 6.07 Å². The molecule has 1 saturated carbocycles. The largest absolute Gasteiger partial charge is 0.398 e. The third-order valence-corrected chi connectivity index (χ3v) is 4.25. The Morgan fingerprint density at radius 2 is 2.10 bits per heavy atom. The van der Waals surface area contributed by atoms with E-state index in [9.17, 15) is 4.79 Å². The molecule has 0 spiro atoms. The Morgan fingerprint density at radius 1 is 1.30 bits per heavy atom. The number of nitrogens with one attached hydrogen (secondary N) is 2. The van der Waals surface area contributed by atoms with Crippen LogP contribution in [-0.4, -0.2) is 5.91 Å². The van der Waals surface area contributed by atoms with E-state index in [1.807, 2.05) is 35.7 Å². The van der Waals surface area contributed by atoms with Gasteiger partial charge in [-0.05, 0) is 42.5 Å². The summed E-state index contributed by atoms with van der Waals surface area (Å²) in [5.74, 6) is 0.349. The second kappa shape index (κ2) is 5.54. The average molecular weight is 287 g/mol. The molecule has 1 amide bonds. The number of carbonyl (C=O) groups excluding carboxylic acids is 1. The van der Waals surface area contributed by atoms with Crippen LogP contribution in [0.2, 0.25) is 0 Å². The maximum Gasteiger partial charge on any atom is 0.227 e. The first-order valence-electron chi connectivity index (χ1n) is 6.69. The van der Waals surface area contributed by atoms with Crippen molar-refractivity contribution in [3.8, 4) is 0 Å².